The van der Waals surface area contributed by atoms with Crippen LogP contribution in [0.4, 0.5) is 14.5 Å². The maximum absolute atomic E-state index is 16.0. The van der Waals surface area contributed by atoms with Gasteiger partial charge in [-0.2, -0.15) is 13.8 Å². The first-order valence-corrected chi connectivity index (χ1v) is 14.3. The molecule has 1 unspecified atom stereocenters. The first-order valence-electron chi connectivity index (χ1n) is 14.3. The average Bonchev–Trinajstić information content (AvgIpc) is 3.44. The van der Waals surface area contributed by atoms with Crippen molar-refractivity contribution in [2.75, 3.05) is 38.5 Å². The first-order chi connectivity index (χ1) is 21.0. The molecule has 232 valence electrons. The van der Waals surface area contributed by atoms with E-state index in [0.29, 0.717) is 32.5 Å². The van der Waals surface area contributed by atoms with Gasteiger partial charge in [-0.15, -0.1) is 0 Å². The van der Waals surface area contributed by atoms with Crippen LogP contribution in [0, 0.1) is 17.0 Å². The lowest BCUT2D eigenvalue weighted by atomic mass is 10.0. The fourth-order valence-electron chi connectivity index (χ4n) is 5.18. The Bertz CT molecular complexity index is 1610. The number of amidine groups is 2. The normalized spacial score (nSPS) is 16.4. The summed E-state index contributed by atoms with van der Waals surface area (Å²) >= 11 is 0. The number of likely N-dealkylation sites (tertiary alicyclic amines) is 1. The number of phenolic OH excluding ortho intramolecular Hbond substituents is 1. The standard InChI is InChI=1S/C31H35F2N7O4/c1-17(18(2)41)40-12-9-21(10-13-40)37-27-25(32)30(43-22-6-4-5-20(15-22)29-36-11-14-39(29)3)38-31(26(27)33)44-24-16-19(28(34)35)7-8-23(24)42/h4-8,15-17,21,42H,9-14H2,1-3H3,(H3,34,35)(H,37,38). The van der Waals surface area contributed by atoms with Crippen molar-refractivity contribution in [3.63, 3.8) is 0 Å². The predicted octanol–water partition coefficient (Wildman–Crippen LogP) is 4.48. The van der Waals surface area contributed by atoms with Crippen LogP contribution in [0.2, 0.25) is 0 Å². The number of carbonyl (C=O) groups excluding carboxylic acids is 1. The molecular formula is C31H35F2N7O4. The number of hydrogen-bond donors (Lipinski definition) is 4. The molecule has 0 saturated carbocycles. The summed E-state index contributed by atoms with van der Waals surface area (Å²) in [6, 6.07) is 10.2. The largest absolute Gasteiger partial charge is 0.504 e. The third kappa shape index (κ3) is 6.57. The minimum Gasteiger partial charge on any atom is -0.504 e. The summed E-state index contributed by atoms with van der Waals surface area (Å²) in [5.41, 5.74) is 6.05. The molecule has 3 aromatic rings. The number of hydrogen-bond acceptors (Lipinski definition) is 10. The Kier molecular flexibility index (Phi) is 8.95. The highest BCUT2D eigenvalue weighted by Gasteiger charge is 2.30. The maximum Gasteiger partial charge on any atom is 0.261 e. The second-order valence-corrected chi connectivity index (χ2v) is 10.9. The van der Waals surface area contributed by atoms with Gasteiger partial charge in [-0.05, 0) is 57.0 Å². The van der Waals surface area contributed by atoms with Gasteiger partial charge in [0.1, 0.15) is 28.9 Å². The SMILES string of the molecule is CC(=O)C(C)N1CCC(Nc2c(F)c(Oc3cccc(C4=NCCN4C)c3)nc(Oc3cc(C(=N)N)ccc3O)c2F)CC1. The third-order valence-corrected chi connectivity index (χ3v) is 7.87. The van der Waals surface area contributed by atoms with Crippen LogP contribution < -0.4 is 20.5 Å². The van der Waals surface area contributed by atoms with Gasteiger partial charge in [-0.1, -0.05) is 12.1 Å². The Balaban J connectivity index is 1.48. The van der Waals surface area contributed by atoms with Crippen LogP contribution in [0.1, 0.15) is 37.8 Å². The monoisotopic (exact) mass is 607 g/mol. The molecule has 5 N–H and O–H groups in total. The highest BCUT2D eigenvalue weighted by Crippen LogP contribution is 2.39. The number of anilines is 1. The molecule has 0 amide bonds. The second kappa shape index (κ2) is 12.8. The molecule has 0 spiro atoms. The van der Waals surface area contributed by atoms with Crippen molar-refractivity contribution >= 4 is 23.1 Å². The molecule has 5 rings (SSSR count). The Morgan fingerprint density at radius 2 is 1.82 bits per heavy atom. The number of carbonyl (C=O) groups is 1. The molecule has 11 nitrogen and oxygen atoms in total. The van der Waals surface area contributed by atoms with E-state index in [1.54, 1.807) is 25.1 Å². The number of aliphatic imine (C=N–C) groups is 1. The van der Waals surface area contributed by atoms with Crippen molar-refractivity contribution in [1.82, 2.24) is 14.8 Å². The summed E-state index contributed by atoms with van der Waals surface area (Å²) in [6.07, 6.45) is 1.06. The number of halogens is 2. The van der Waals surface area contributed by atoms with Crippen molar-refractivity contribution in [3.05, 3.63) is 65.2 Å². The lowest BCUT2D eigenvalue weighted by Gasteiger charge is -2.35. The van der Waals surface area contributed by atoms with Crippen LogP contribution in [0.3, 0.4) is 0 Å². The zero-order valence-electron chi connectivity index (χ0n) is 24.7. The molecule has 2 aromatic carbocycles. The number of pyridine rings is 1. The summed E-state index contributed by atoms with van der Waals surface area (Å²) in [6.45, 7) is 5.94. The van der Waals surface area contributed by atoms with Crippen LogP contribution in [0.5, 0.6) is 29.0 Å². The molecular weight excluding hydrogens is 572 g/mol. The number of Topliss-reactive ketones (excluding diaryl/α,β-unsaturated/α-hetero) is 1. The smallest absolute Gasteiger partial charge is 0.261 e. The number of ketones is 1. The number of nitrogens with zero attached hydrogens (tertiary/aromatic N) is 4. The van der Waals surface area contributed by atoms with Crippen LogP contribution in [0.15, 0.2) is 47.5 Å². The Labute approximate surface area is 253 Å². The van der Waals surface area contributed by atoms with E-state index in [-0.39, 0.29) is 46.5 Å². The summed E-state index contributed by atoms with van der Waals surface area (Å²) in [4.78, 5) is 24.4. The quantitative estimate of drug-likeness (QED) is 0.193. The van der Waals surface area contributed by atoms with E-state index in [1.807, 2.05) is 29.8 Å². The van der Waals surface area contributed by atoms with Crippen LogP contribution in [-0.4, -0.2) is 82.7 Å². The van der Waals surface area contributed by atoms with Gasteiger partial charge < -0.3 is 30.5 Å². The van der Waals surface area contributed by atoms with Gasteiger partial charge in [0.2, 0.25) is 11.6 Å². The number of phenols is 1. The van der Waals surface area contributed by atoms with Crippen molar-refractivity contribution in [2.45, 2.75) is 38.8 Å². The van der Waals surface area contributed by atoms with Gasteiger partial charge in [-0.25, -0.2) is 0 Å². The van der Waals surface area contributed by atoms with Crippen molar-refractivity contribution in [1.29, 1.82) is 5.41 Å². The summed E-state index contributed by atoms with van der Waals surface area (Å²) in [7, 11) is 1.92. The molecule has 44 heavy (non-hydrogen) atoms. The molecule has 1 fully saturated rings. The number of rotatable bonds is 10. The molecule has 1 saturated heterocycles. The fourth-order valence-corrected chi connectivity index (χ4v) is 5.18. The van der Waals surface area contributed by atoms with Crippen LogP contribution in [-0.2, 0) is 4.79 Å². The molecule has 3 heterocycles. The van der Waals surface area contributed by atoms with E-state index in [2.05, 4.69) is 15.3 Å². The van der Waals surface area contributed by atoms with Gasteiger partial charge in [0.15, 0.2) is 11.5 Å². The van der Waals surface area contributed by atoms with E-state index in [9.17, 15) is 9.90 Å². The summed E-state index contributed by atoms with van der Waals surface area (Å²) in [5.74, 6) is -3.22. The predicted molar refractivity (Wildman–Crippen MR) is 162 cm³/mol. The summed E-state index contributed by atoms with van der Waals surface area (Å²) < 4.78 is 43.4. The van der Waals surface area contributed by atoms with E-state index < -0.39 is 29.1 Å². The second-order valence-electron chi connectivity index (χ2n) is 10.9. The highest BCUT2D eigenvalue weighted by atomic mass is 19.1. The molecule has 13 heteroatoms. The van der Waals surface area contributed by atoms with E-state index in [4.69, 9.17) is 20.6 Å². The van der Waals surface area contributed by atoms with Gasteiger partial charge in [-0.3, -0.25) is 20.1 Å². The zero-order chi connectivity index (χ0) is 31.5. The number of piperidine rings is 1. The van der Waals surface area contributed by atoms with E-state index in [1.165, 1.54) is 18.2 Å². The average molecular weight is 608 g/mol. The number of benzene rings is 2. The molecule has 2 aliphatic heterocycles. The first kappa shape index (κ1) is 30.7. The lowest BCUT2D eigenvalue weighted by Crippen LogP contribution is -2.46. The number of ether oxygens (including phenoxy) is 2. The van der Waals surface area contributed by atoms with Gasteiger partial charge >= 0.3 is 0 Å². The topological polar surface area (TPSA) is 149 Å². The minimum absolute atomic E-state index is 0.0547. The Morgan fingerprint density at radius 3 is 2.45 bits per heavy atom. The number of nitrogens with two attached hydrogens (primary N) is 1. The number of aromatic hydroxyl groups is 1. The molecule has 2 aliphatic rings. The summed E-state index contributed by atoms with van der Waals surface area (Å²) in [5, 5.41) is 21.0. The number of aromatic nitrogens is 1. The fraction of sp³-hybridized carbons (Fsp3) is 0.355. The maximum atomic E-state index is 16.0. The molecule has 1 atom stereocenters. The van der Waals surface area contributed by atoms with Crippen LogP contribution >= 0.6 is 0 Å². The molecule has 0 aliphatic carbocycles. The van der Waals surface area contributed by atoms with Gasteiger partial charge in [0.05, 0.1) is 12.6 Å². The van der Waals surface area contributed by atoms with Crippen LogP contribution in [0.25, 0.3) is 0 Å². The van der Waals surface area contributed by atoms with Gasteiger partial charge in [0.25, 0.3) is 11.8 Å². The van der Waals surface area contributed by atoms with Crippen molar-refractivity contribution < 1.29 is 28.2 Å². The minimum atomic E-state index is -1.13. The van der Waals surface area contributed by atoms with Crippen molar-refractivity contribution in [2.24, 2.45) is 10.7 Å². The number of nitrogens with one attached hydrogen (secondary N) is 2. The van der Waals surface area contributed by atoms with Crippen molar-refractivity contribution in [3.8, 4) is 29.0 Å². The third-order valence-electron chi connectivity index (χ3n) is 7.87. The Morgan fingerprint density at radius 1 is 1.11 bits per heavy atom. The van der Waals surface area contributed by atoms with E-state index in [0.717, 1.165) is 17.9 Å². The molecule has 0 radical (unpaired) electrons. The molecule has 0 bridgehead atoms. The van der Waals surface area contributed by atoms with E-state index >= 15 is 8.78 Å². The van der Waals surface area contributed by atoms with Gasteiger partial charge in [0, 0.05) is 43.9 Å². The molecule has 1 aromatic heterocycles. The highest BCUT2D eigenvalue weighted by molar-refractivity contribution is 6.00. The zero-order valence-corrected chi connectivity index (χ0v) is 24.7. The Hall–Kier alpha value is -4.78. The lowest BCUT2D eigenvalue weighted by molar-refractivity contribution is -0.121. The number of likely N-dealkylation sites (N-methyl/N-ethyl adjacent to an activating group) is 1. The number of nitrogen functional groups attached to an aromatic ring is 1.